The van der Waals surface area contributed by atoms with Crippen LogP contribution in [0, 0.1) is 0 Å². The zero-order valence-corrected chi connectivity index (χ0v) is 14.2. The molecular weight excluding hydrogens is 356 g/mol. The van der Waals surface area contributed by atoms with E-state index in [1.54, 1.807) is 14.1 Å². The third kappa shape index (κ3) is 3.52. The van der Waals surface area contributed by atoms with Gasteiger partial charge in [0.2, 0.25) is 0 Å². The quantitative estimate of drug-likeness (QED) is 0.808. The lowest BCUT2D eigenvalue weighted by molar-refractivity contribution is 0.462. The maximum Gasteiger partial charge on any atom is 0.260 e. The van der Waals surface area contributed by atoms with Crippen LogP contribution >= 0.6 is 15.9 Å². The average molecular weight is 373 g/mol. The van der Waals surface area contributed by atoms with Crippen LogP contribution in [0.25, 0.3) is 0 Å². The summed E-state index contributed by atoms with van der Waals surface area (Å²) < 4.78 is 27.4. The Labute approximate surface area is 132 Å². The first-order chi connectivity index (χ1) is 9.96. The van der Waals surface area contributed by atoms with Gasteiger partial charge < -0.3 is 5.32 Å². The highest BCUT2D eigenvalue weighted by atomic mass is 79.9. The van der Waals surface area contributed by atoms with Crippen LogP contribution in [0.2, 0.25) is 0 Å². The molecule has 21 heavy (non-hydrogen) atoms. The number of hydrogen-bond donors (Lipinski definition) is 2. The van der Waals surface area contributed by atoms with E-state index in [9.17, 15) is 8.42 Å². The van der Waals surface area contributed by atoms with E-state index in [4.69, 9.17) is 0 Å². The summed E-state index contributed by atoms with van der Waals surface area (Å²) in [6, 6.07) is 7.54. The lowest BCUT2D eigenvalue weighted by Crippen LogP contribution is -2.28. The molecule has 1 aromatic carbocycles. The van der Waals surface area contributed by atoms with Crippen LogP contribution < -0.4 is 5.32 Å². The number of aromatic nitrogens is 2. The zero-order chi connectivity index (χ0) is 15.5. The van der Waals surface area contributed by atoms with Crippen molar-refractivity contribution >= 4 is 26.0 Å². The molecule has 0 saturated heterocycles. The third-order valence-electron chi connectivity index (χ3n) is 3.06. The van der Waals surface area contributed by atoms with Gasteiger partial charge in [-0.1, -0.05) is 34.1 Å². The van der Waals surface area contributed by atoms with Crippen molar-refractivity contribution in [2.75, 3.05) is 14.1 Å². The van der Waals surface area contributed by atoms with Gasteiger partial charge in [0.25, 0.3) is 10.0 Å². The molecule has 0 aliphatic rings. The highest BCUT2D eigenvalue weighted by Gasteiger charge is 2.26. The van der Waals surface area contributed by atoms with E-state index in [2.05, 4.69) is 31.4 Å². The molecule has 0 aliphatic carbocycles. The molecule has 0 fully saturated rings. The monoisotopic (exact) mass is 372 g/mol. The van der Waals surface area contributed by atoms with Crippen molar-refractivity contribution in [3.63, 3.8) is 0 Å². The molecule has 2 rings (SSSR count). The van der Waals surface area contributed by atoms with Gasteiger partial charge in [-0.15, -0.1) is 0 Å². The van der Waals surface area contributed by atoms with Gasteiger partial charge in [-0.3, -0.25) is 5.10 Å². The van der Waals surface area contributed by atoms with Crippen LogP contribution in [0.15, 0.2) is 40.0 Å². The van der Waals surface area contributed by atoms with Gasteiger partial charge in [0.05, 0.1) is 6.20 Å². The van der Waals surface area contributed by atoms with E-state index in [1.165, 1.54) is 10.5 Å². The Morgan fingerprint density at radius 3 is 2.71 bits per heavy atom. The lowest BCUT2D eigenvalue weighted by Gasteiger charge is -2.17. The average Bonchev–Trinajstić information content (AvgIpc) is 2.90. The predicted molar refractivity (Wildman–Crippen MR) is 84.1 cm³/mol. The normalized spacial score (nSPS) is 12.0. The fraction of sp³-hybridized carbons (Fsp3) is 0.308. The fourth-order valence-corrected chi connectivity index (χ4v) is 3.60. The molecule has 0 amide bonds. The maximum atomic E-state index is 12.6. The molecule has 6 nitrogen and oxygen atoms in total. The lowest BCUT2D eigenvalue weighted by atomic mass is 10.2. The molecule has 0 unspecified atom stereocenters. The molecule has 0 spiro atoms. The second-order valence-corrected chi connectivity index (χ2v) is 7.44. The molecule has 0 aliphatic heterocycles. The van der Waals surface area contributed by atoms with Gasteiger partial charge in [-0.05, 0) is 18.7 Å². The van der Waals surface area contributed by atoms with E-state index in [0.717, 1.165) is 10.0 Å². The number of nitrogens with zero attached hydrogens (tertiary/aromatic N) is 2. The second-order valence-electron chi connectivity index (χ2n) is 4.61. The summed E-state index contributed by atoms with van der Waals surface area (Å²) in [5.41, 5.74) is 1.52. The molecule has 8 heteroatoms. The van der Waals surface area contributed by atoms with Gasteiger partial charge in [-0.25, -0.2) is 8.42 Å². The Kier molecular flexibility index (Phi) is 5.15. The van der Waals surface area contributed by atoms with Gasteiger partial charge in [-0.2, -0.15) is 9.40 Å². The molecule has 0 radical (unpaired) electrons. The second kappa shape index (κ2) is 6.69. The molecule has 1 aromatic heterocycles. The minimum absolute atomic E-state index is 0.131. The standard InChI is InChI=1S/C13H17BrN4O2S/c1-15-7-11-8-16-17-13(11)21(19,20)18(2)9-10-5-3-4-6-12(10)14/h3-6,8,15H,7,9H2,1-2H3,(H,16,17). The SMILES string of the molecule is CNCc1cn[nH]c1S(=O)(=O)N(C)Cc1ccccc1Br. The molecule has 2 aromatic rings. The summed E-state index contributed by atoms with van der Waals surface area (Å²) in [6.07, 6.45) is 1.52. The molecule has 0 bridgehead atoms. The Morgan fingerprint density at radius 2 is 2.05 bits per heavy atom. The van der Waals surface area contributed by atoms with Crippen LogP contribution in [0.3, 0.4) is 0 Å². The number of nitrogens with one attached hydrogen (secondary N) is 2. The topological polar surface area (TPSA) is 78.1 Å². The van der Waals surface area contributed by atoms with Crippen molar-refractivity contribution in [3.05, 3.63) is 46.1 Å². The van der Waals surface area contributed by atoms with Gasteiger partial charge >= 0.3 is 0 Å². The predicted octanol–water partition coefficient (Wildman–Crippen LogP) is 1.71. The first kappa shape index (κ1) is 16.2. The van der Waals surface area contributed by atoms with Gasteiger partial charge in [0.1, 0.15) is 0 Å². The van der Waals surface area contributed by atoms with Crippen molar-refractivity contribution in [1.82, 2.24) is 19.8 Å². The Bertz CT molecular complexity index is 714. The number of halogens is 1. The number of aromatic amines is 1. The van der Waals surface area contributed by atoms with Gasteiger partial charge in [0, 0.05) is 30.2 Å². The highest BCUT2D eigenvalue weighted by Crippen LogP contribution is 2.22. The van der Waals surface area contributed by atoms with E-state index in [0.29, 0.717) is 12.1 Å². The number of sulfonamides is 1. The van der Waals surface area contributed by atoms with E-state index in [1.807, 2.05) is 24.3 Å². The summed E-state index contributed by atoms with van der Waals surface area (Å²) >= 11 is 3.43. The summed E-state index contributed by atoms with van der Waals surface area (Å²) in [6.45, 7) is 0.718. The summed E-state index contributed by atoms with van der Waals surface area (Å²) in [7, 11) is -0.297. The molecule has 2 N–H and O–H groups in total. The summed E-state index contributed by atoms with van der Waals surface area (Å²) in [5, 5.41) is 9.48. The molecule has 0 saturated carbocycles. The highest BCUT2D eigenvalue weighted by molar-refractivity contribution is 9.10. The smallest absolute Gasteiger partial charge is 0.260 e. The zero-order valence-electron chi connectivity index (χ0n) is 11.8. The molecular formula is C13H17BrN4O2S. The largest absolute Gasteiger partial charge is 0.316 e. The first-order valence-corrected chi connectivity index (χ1v) is 8.56. The number of hydrogen-bond acceptors (Lipinski definition) is 4. The minimum Gasteiger partial charge on any atom is -0.316 e. The molecule has 1 heterocycles. The van der Waals surface area contributed by atoms with Crippen LogP contribution in [0.5, 0.6) is 0 Å². The number of H-pyrrole nitrogens is 1. The van der Waals surface area contributed by atoms with Crippen molar-refractivity contribution in [2.45, 2.75) is 18.1 Å². The van der Waals surface area contributed by atoms with Crippen LogP contribution in [-0.2, 0) is 23.1 Å². The first-order valence-electron chi connectivity index (χ1n) is 6.33. The Hall–Kier alpha value is -1.22. The van der Waals surface area contributed by atoms with E-state index < -0.39 is 10.0 Å². The van der Waals surface area contributed by atoms with Crippen LogP contribution in [-0.4, -0.2) is 37.0 Å². The minimum atomic E-state index is -3.61. The summed E-state index contributed by atoms with van der Waals surface area (Å²) in [5.74, 6) is 0. The number of benzene rings is 1. The van der Waals surface area contributed by atoms with Crippen molar-refractivity contribution < 1.29 is 8.42 Å². The molecule has 0 atom stereocenters. The third-order valence-corrected chi connectivity index (χ3v) is 5.66. The van der Waals surface area contributed by atoms with Crippen molar-refractivity contribution in [3.8, 4) is 0 Å². The van der Waals surface area contributed by atoms with Crippen LogP contribution in [0.1, 0.15) is 11.1 Å². The van der Waals surface area contributed by atoms with Crippen LogP contribution in [0.4, 0.5) is 0 Å². The maximum absolute atomic E-state index is 12.6. The summed E-state index contributed by atoms with van der Waals surface area (Å²) in [4.78, 5) is 0. The van der Waals surface area contributed by atoms with E-state index >= 15 is 0 Å². The molecule has 114 valence electrons. The fourth-order valence-electron chi connectivity index (χ4n) is 1.95. The van der Waals surface area contributed by atoms with Gasteiger partial charge in [0.15, 0.2) is 5.03 Å². The number of rotatable bonds is 6. The van der Waals surface area contributed by atoms with E-state index in [-0.39, 0.29) is 11.6 Å². The van der Waals surface area contributed by atoms with Crippen molar-refractivity contribution in [2.24, 2.45) is 0 Å². The van der Waals surface area contributed by atoms with Crippen molar-refractivity contribution in [1.29, 1.82) is 0 Å². The Morgan fingerprint density at radius 1 is 1.33 bits per heavy atom. The Balaban J connectivity index is 2.27.